The summed E-state index contributed by atoms with van der Waals surface area (Å²) >= 11 is 5.25. The van der Waals surface area contributed by atoms with Gasteiger partial charge >= 0.3 is 0 Å². The Morgan fingerprint density at radius 3 is 3.00 bits per heavy atom. The topological polar surface area (TPSA) is 38.5 Å². The van der Waals surface area contributed by atoms with Crippen molar-refractivity contribution < 1.29 is 4.84 Å². The van der Waals surface area contributed by atoms with Crippen LogP contribution in [-0.2, 0) is 4.84 Å². The van der Waals surface area contributed by atoms with E-state index in [2.05, 4.69) is 34.1 Å². The summed E-state index contributed by atoms with van der Waals surface area (Å²) in [6, 6.07) is 4.35. The second-order valence-electron chi connectivity index (χ2n) is 5.25. The van der Waals surface area contributed by atoms with Crippen molar-refractivity contribution >= 4 is 27.3 Å². The number of halogens is 1. The third kappa shape index (κ3) is 3.27. The van der Waals surface area contributed by atoms with Crippen molar-refractivity contribution in [2.45, 2.75) is 38.1 Å². The molecular formula is C15H19BrN2OS. The lowest BCUT2D eigenvalue weighted by molar-refractivity contribution is -0.118. The zero-order valence-corrected chi connectivity index (χ0v) is 13.8. The molecule has 0 saturated carbocycles. The number of nitrogens with two attached hydrogens (primary N) is 1. The van der Waals surface area contributed by atoms with Crippen molar-refractivity contribution in [3.63, 3.8) is 0 Å². The number of hydroxylamine groups is 2. The molecule has 0 aromatic carbocycles. The molecule has 2 aliphatic rings. The standard InChI is InChI=1S/C15H19BrN2OS/c16-14-7-6-13(20-14)12-10-15(17)19-18(12)9-8-11-4-2-1-3-5-11/h4,6-7,10,12H,1-3,5,8-9,17H2. The molecule has 1 atom stereocenters. The third-order valence-corrected chi connectivity index (χ3v) is 5.47. The number of nitrogens with zero attached hydrogens (tertiary/aromatic N) is 1. The number of allylic oxidation sites excluding steroid dienone is 1. The fourth-order valence-electron chi connectivity index (χ4n) is 2.74. The van der Waals surface area contributed by atoms with E-state index < -0.39 is 0 Å². The summed E-state index contributed by atoms with van der Waals surface area (Å²) in [5.74, 6) is 0.511. The molecule has 0 bridgehead atoms. The molecule has 3 rings (SSSR count). The van der Waals surface area contributed by atoms with Gasteiger partial charge in [-0.15, -0.1) is 16.4 Å². The van der Waals surface area contributed by atoms with Crippen LogP contribution in [-0.4, -0.2) is 11.6 Å². The fourth-order valence-corrected chi connectivity index (χ4v) is 4.24. The van der Waals surface area contributed by atoms with Gasteiger partial charge in [-0.05, 0) is 60.2 Å². The molecule has 5 heteroatoms. The van der Waals surface area contributed by atoms with Crippen molar-refractivity contribution in [3.8, 4) is 0 Å². The van der Waals surface area contributed by atoms with Crippen LogP contribution in [0.25, 0.3) is 0 Å². The molecule has 0 amide bonds. The summed E-state index contributed by atoms with van der Waals surface area (Å²) in [7, 11) is 0. The highest BCUT2D eigenvalue weighted by atomic mass is 79.9. The zero-order valence-electron chi connectivity index (χ0n) is 11.3. The number of rotatable bonds is 4. The lowest BCUT2D eigenvalue weighted by Crippen LogP contribution is -2.24. The molecule has 0 fully saturated rings. The molecule has 2 N–H and O–H groups in total. The predicted octanol–water partition coefficient (Wildman–Crippen LogP) is 4.49. The molecule has 1 aromatic rings. The maximum Gasteiger partial charge on any atom is 0.207 e. The molecule has 108 valence electrons. The number of hydrogen-bond acceptors (Lipinski definition) is 4. The zero-order chi connectivity index (χ0) is 13.9. The van der Waals surface area contributed by atoms with E-state index in [4.69, 9.17) is 10.6 Å². The van der Waals surface area contributed by atoms with Crippen LogP contribution in [0.5, 0.6) is 0 Å². The van der Waals surface area contributed by atoms with Crippen molar-refractivity contribution in [1.82, 2.24) is 5.06 Å². The van der Waals surface area contributed by atoms with E-state index in [9.17, 15) is 0 Å². The van der Waals surface area contributed by atoms with E-state index in [0.29, 0.717) is 5.88 Å². The summed E-state index contributed by atoms with van der Waals surface area (Å²) in [5.41, 5.74) is 7.41. The van der Waals surface area contributed by atoms with Gasteiger partial charge in [-0.1, -0.05) is 11.6 Å². The third-order valence-electron chi connectivity index (χ3n) is 3.78. The minimum absolute atomic E-state index is 0.149. The Balaban J connectivity index is 1.64. The second-order valence-corrected chi connectivity index (χ2v) is 7.74. The Labute approximate surface area is 132 Å². The molecule has 1 aliphatic carbocycles. The van der Waals surface area contributed by atoms with Gasteiger partial charge in [-0.3, -0.25) is 0 Å². The fraction of sp³-hybridized carbons (Fsp3) is 0.467. The van der Waals surface area contributed by atoms with Crippen molar-refractivity contribution in [2.75, 3.05) is 6.54 Å². The average molecular weight is 355 g/mol. The molecule has 0 radical (unpaired) electrons. The molecule has 1 aromatic heterocycles. The van der Waals surface area contributed by atoms with Crippen LogP contribution in [0, 0.1) is 0 Å². The highest BCUT2D eigenvalue weighted by Crippen LogP contribution is 2.36. The Bertz CT molecular complexity index is 538. The van der Waals surface area contributed by atoms with Crippen molar-refractivity contribution in [1.29, 1.82) is 0 Å². The predicted molar refractivity (Wildman–Crippen MR) is 86.0 cm³/mol. The summed E-state index contributed by atoms with van der Waals surface area (Å²) in [6.07, 6.45) is 10.6. The first-order valence-electron chi connectivity index (χ1n) is 7.07. The van der Waals surface area contributed by atoms with Crippen molar-refractivity contribution in [2.24, 2.45) is 5.73 Å². The molecule has 20 heavy (non-hydrogen) atoms. The molecular weight excluding hydrogens is 336 g/mol. The highest BCUT2D eigenvalue weighted by Gasteiger charge is 2.28. The summed E-state index contributed by atoms with van der Waals surface area (Å²) < 4.78 is 1.14. The van der Waals surface area contributed by atoms with Gasteiger partial charge < -0.3 is 10.6 Å². The first-order chi connectivity index (χ1) is 9.72. The maximum atomic E-state index is 5.84. The van der Waals surface area contributed by atoms with E-state index in [1.54, 1.807) is 16.9 Å². The second kappa shape index (κ2) is 6.33. The van der Waals surface area contributed by atoms with Crippen LogP contribution < -0.4 is 5.73 Å². The molecule has 1 unspecified atom stereocenters. The van der Waals surface area contributed by atoms with E-state index in [1.807, 2.05) is 11.1 Å². The van der Waals surface area contributed by atoms with Gasteiger partial charge in [-0.25, -0.2) is 0 Å². The van der Waals surface area contributed by atoms with E-state index in [1.165, 1.54) is 30.6 Å². The molecule has 1 aliphatic heterocycles. The highest BCUT2D eigenvalue weighted by molar-refractivity contribution is 9.11. The Morgan fingerprint density at radius 2 is 2.30 bits per heavy atom. The largest absolute Gasteiger partial charge is 0.388 e. The van der Waals surface area contributed by atoms with E-state index >= 15 is 0 Å². The molecule has 0 saturated heterocycles. The minimum Gasteiger partial charge on any atom is -0.388 e. The lowest BCUT2D eigenvalue weighted by Gasteiger charge is -2.23. The summed E-state index contributed by atoms with van der Waals surface area (Å²) in [5, 5.41) is 2.00. The van der Waals surface area contributed by atoms with Gasteiger partial charge in [0.2, 0.25) is 5.88 Å². The van der Waals surface area contributed by atoms with Crippen LogP contribution in [0.15, 0.2) is 39.5 Å². The van der Waals surface area contributed by atoms with Gasteiger partial charge in [0.15, 0.2) is 0 Å². The van der Waals surface area contributed by atoms with E-state index in [-0.39, 0.29) is 6.04 Å². The summed E-state index contributed by atoms with van der Waals surface area (Å²) in [4.78, 5) is 6.92. The number of hydrogen-bond donors (Lipinski definition) is 1. The van der Waals surface area contributed by atoms with Gasteiger partial charge in [0.05, 0.1) is 3.79 Å². The van der Waals surface area contributed by atoms with Gasteiger partial charge in [-0.2, -0.15) is 0 Å². The maximum absolute atomic E-state index is 5.84. The van der Waals surface area contributed by atoms with Crippen LogP contribution in [0.3, 0.4) is 0 Å². The Morgan fingerprint density at radius 1 is 1.40 bits per heavy atom. The van der Waals surface area contributed by atoms with Crippen LogP contribution in [0.2, 0.25) is 0 Å². The first-order valence-corrected chi connectivity index (χ1v) is 8.68. The number of thiophene rings is 1. The Kier molecular flexibility index (Phi) is 4.48. The smallest absolute Gasteiger partial charge is 0.207 e. The lowest BCUT2D eigenvalue weighted by atomic mass is 9.97. The monoisotopic (exact) mass is 354 g/mol. The van der Waals surface area contributed by atoms with Crippen LogP contribution >= 0.6 is 27.3 Å². The van der Waals surface area contributed by atoms with Crippen LogP contribution in [0.4, 0.5) is 0 Å². The molecule has 3 nitrogen and oxygen atoms in total. The Hall–Kier alpha value is -0.780. The normalized spacial score (nSPS) is 23.4. The molecule has 0 spiro atoms. The molecule has 2 heterocycles. The van der Waals surface area contributed by atoms with E-state index in [0.717, 1.165) is 16.8 Å². The first kappa shape index (κ1) is 14.2. The van der Waals surface area contributed by atoms with Gasteiger partial charge in [0, 0.05) is 17.5 Å². The van der Waals surface area contributed by atoms with Gasteiger partial charge in [0.1, 0.15) is 6.04 Å². The van der Waals surface area contributed by atoms with Crippen molar-refractivity contribution in [3.05, 3.63) is 44.4 Å². The quantitative estimate of drug-likeness (QED) is 0.809. The SMILES string of the molecule is NC1=CC(c2ccc(Br)s2)N(CCC2=CCCCC2)O1. The van der Waals surface area contributed by atoms with Crippen LogP contribution in [0.1, 0.15) is 43.0 Å². The minimum atomic E-state index is 0.149. The van der Waals surface area contributed by atoms with Gasteiger partial charge in [0.25, 0.3) is 0 Å². The summed E-state index contributed by atoms with van der Waals surface area (Å²) in [6.45, 7) is 0.892. The average Bonchev–Trinajstić information content (AvgIpc) is 3.03.